The van der Waals surface area contributed by atoms with E-state index >= 15 is 0 Å². The third-order valence-corrected chi connectivity index (χ3v) is 6.86. The SMILES string of the molecule is Cc1cccc(Oc2ncccc2C(=O)N[C@H]2CC[C@@H](Nc3nc(N(C)C)c4ccccc4n3)CC2)c1.O=C(O)C(F)(F)F. The van der Waals surface area contributed by atoms with Crippen LogP contribution in [0.1, 0.15) is 41.6 Å². The summed E-state index contributed by atoms with van der Waals surface area (Å²) in [5.74, 6) is -0.413. The molecule has 1 aliphatic rings. The maximum absolute atomic E-state index is 13.1. The number of anilines is 2. The first-order chi connectivity index (χ1) is 20.9. The number of pyridine rings is 1. The van der Waals surface area contributed by atoms with E-state index in [1.54, 1.807) is 18.3 Å². The third kappa shape index (κ3) is 8.55. The maximum atomic E-state index is 13.1. The van der Waals surface area contributed by atoms with Gasteiger partial charge in [0.1, 0.15) is 17.1 Å². The number of nitrogens with one attached hydrogen (secondary N) is 2. The highest BCUT2D eigenvalue weighted by molar-refractivity contribution is 5.96. The highest BCUT2D eigenvalue weighted by Crippen LogP contribution is 2.28. The number of carboxylic acid groups (broad SMARTS) is 1. The van der Waals surface area contributed by atoms with Crippen LogP contribution in [0.2, 0.25) is 0 Å². The van der Waals surface area contributed by atoms with Crippen LogP contribution in [0.15, 0.2) is 66.9 Å². The van der Waals surface area contributed by atoms with Gasteiger partial charge in [-0.3, -0.25) is 4.79 Å². The Hall–Kier alpha value is -4.94. The number of amides is 1. The summed E-state index contributed by atoms with van der Waals surface area (Å²) in [6.07, 6.45) is 0.114. The summed E-state index contributed by atoms with van der Waals surface area (Å²) < 4.78 is 37.7. The molecule has 1 fully saturated rings. The van der Waals surface area contributed by atoms with Gasteiger partial charge in [-0.1, -0.05) is 24.3 Å². The molecule has 232 valence electrons. The first-order valence-corrected chi connectivity index (χ1v) is 13.9. The molecule has 0 atom stereocenters. The fourth-order valence-corrected chi connectivity index (χ4v) is 4.73. The lowest BCUT2D eigenvalue weighted by Gasteiger charge is -2.30. The van der Waals surface area contributed by atoms with Crippen LogP contribution in [0.3, 0.4) is 0 Å². The second kappa shape index (κ2) is 14.0. The van der Waals surface area contributed by atoms with Crippen LogP contribution in [0.5, 0.6) is 11.6 Å². The Morgan fingerprint density at radius 3 is 2.30 bits per heavy atom. The van der Waals surface area contributed by atoms with Crippen molar-refractivity contribution in [1.82, 2.24) is 20.3 Å². The molecule has 0 saturated heterocycles. The van der Waals surface area contributed by atoms with Crippen molar-refractivity contribution in [2.75, 3.05) is 24.3 Å². The molecule has 1 aliphatic carbocycles. The Morgan fingerprint density at radius 1 is 0.955 bits per heavy atom. The zero-order valence-electron chi connectivity index (χ0n) is 24.4. The molecule has 1 saturated carbocycles. The molecule has 4 aromatic rings. The number of alkyl halides is 3. The molecule has 0 unspecified atom stereocenters. The lowest BCUT2D eigenvalue weighted by Crippen LogP contribution is -2.40. The first kappa shape index (κ1) is 32.0. The van der Waals surface area contributed by atoms with Gasteiger partial charge in [-0.2, -0.15) is 18.2 Å². The van der Waals surface area contributed by atoms with Gasteiger partial charge in [0.05, 0.1) is 5.52 Å². The summed E-state index contributed by atoms with van der Waals surface area (Å²) in [5, 5.41) is 14.9. The largest absolute Gasteiger partial charge is 0.490 e. The quantitative estimate of drug-likeness (QED) is 0.231. The van der Waals surface area contributed by atoms with Crippen molar-refractivity contribution in [3.05, 3.63) is 78.0 Å². The molecule has 1 amide bonds. The van der Waals surface area contributed by atoms with Gasteiger partial charge in [-0.25, -0.2) is 14.8 Å². The predicted octanol–water partition coefficient (Wildman–Crippen LogP) is 5.98. The number of para-hydroxylation sites is 1. The Bertz CT molecular complexity index is 1610. The number of nitrogens with zero attached hydrogens (tertiary/aromatic N) is 4. The van der Waals surface area contributed by atoms with Crippen LogP contribution in [0.25, 0.3) is 10.9 Å². The smallest absolute Gasteiger partial charge is 0.475 e. The number of carbonyl (C=O) groups is 2. The van der Waals surface area contributed by atoms with Crippen molar-refractivity contribution in [1.29, 1.82) is 0 Å². The number of aliphatic carboxylic acids is 1. The molecule has 3 N–H and O–H groups in total. The highest BCUT2D eigenvalue weighted by atomic mass is 19.4. The van der Waals surface area contributed by atoms with Crippen LogP contribution in [-0.2, 0) is 4.79 Å². The minimum atomic E-state index is -5.08. The van der Waals surface area contributed by atoms with Gasteiger partial charge >= 0.3 is 12.1 Å². The molecule has 5 rings (SSSR count). The van der Waals surface area contributed by atoms with E-state index in [2.05, 4.69) is 15.6 Å². The number of hydrogen-bond acceptors (Lipinski definition) is 8. The number of fused-ring (bicyclic) bond motifs is 1. The molecule has 2 aromatic carbocycles. The fraction of sp³-hybridized carbons (Fsp3) is 0.323. The average Bonchev–Trinajstić information content (AvgIpc) is 2.98. The van der Waals surface area contributed by atoms with Crippen molar-refractivity contribution < 1.29 is 32.6 Å². The number of carbonyl (C=O) groups excluding carboxylic acids is 1. The molecule has 2 aromatic heterocycles. The summed E-state index contributed by atoms with van der Waals surface area (Å²) in [7, 11) is 3.98. The Balaban J connectivity index is 0.000000566. The monoisotopic (exact) mass is 610 g/mol. The third-order valence-electron chi connectivity index (χ3n) is 6.86. The van der Waals surface area contributed by atoms with E-state index in [-0.39, 0.29) is 18.0 Å². The lowest BCUT2D eigenvalue weighted by molar-refractivity contribution is -0.192. The van der Waals surface area contributed by atoms with Crippen molar-refractivity contribution in [2.45, 2.75) is 50.9 Å². The molecule has 0 spiro atoms. The minimum absolute atomic E-state index is 0.0902. The van der Waals surface area contributed by atoms with Gasteiger partial charge < -0.3 is 25.4 Å². The standard InChI is InChI=1S/C29H32N6O2.C2HF3O2/c1-19-8-6-9-22(18-19)37-28-24(11-7-17-30-28)27(36)31-20-13-15-21(16-14-20)32-29-33-25-12-5-4-10-23(25)26(34-29)35(2)3;3-2(4,5)1(6)7/h4-12,17-18,20-21H,13-16H2,1-3H3,(H,31,36)(H,32,33,34);(H,6,7)/t20-,21+;. The van der Waals surface area contributed by atoms with Crippen LogP contribution < -0.4 is 20.3 Å². The number of aromatic nitrogens is 3. The summed E-state index contributed by atoms with van der Waals surface area (Å²) in [6.45, 7) is 2.00. The molecule has 0 bridgehead atoms. The number of ether oxygens (including phenoxy) is 1. The van der Waals surface area contributed by atoms with E-state index in [0.717, 1.165) is 48.0 Å². The van der Waals surface area contributed by atoms with Gasteiger partial charge in [0.25, 0.3) is 5.91 Å². The number of benzene rings is 2. The average molecular weight is 611 g/mol. The van der Waals surface area contributed by atoms with Crippen molar-refractivity contribution in [3.8, 4) is 11.6 Å². The predicted molar refractivity (Wildman–Crippen MR) is 160 cm³/mol. The fourth-order valence-electron chi connectivity index (χ4n) is 4.73. The number of hydrogen-bond donors (Lipinski definition) is 3. The van der Waals surface area contributed by atoms with Gasteiger partial charge in [0.15, 0.2) is 0 Å². The summed E-state index contributed by atoms with van der Waals surface area (Å²) >= 11 is 0. The summed E-state index contributed by atoms with van der Waals surface area (Å²) in [5.41, 5.74) is 2.44. The van der Waals surface area contributed by atoms with E-state index in [1.807, 2.05) is 74.4 Å². The normalized spacial score (nSPS) is 16.3. The van der Waals surface area contributed by atoms with Crippen LogP contribution in [-0.4, -0.2) is 64.3 Å². The number of rotatable bonds is 7. The second-order valence-corrected chi connectivity index (χ2v) is 10.5. The molecule has 13 heteroatoms. The van der Waals surface area contributed by atoms with E-state index in [4.69, 9.17) is 24.6 Å². The number of aryl methyl sites for hydroxylation is 1. The molecule has 10 nitrogen and oxygen atoms in total. The molecular weight excluding hydrogens is 577 g/mol. The zero-order chi connectivity index (χ0) is 31.9. The van der Waals surface area contributed by atoms with Crippen molar-refractivity contribution >= 4 is 34.5 Å². The summed E-state index contributed by atoms with van der Waals surface area (Å²) in [6, 6.07) is 19.6. The maximum Gasteiger partial charge on any atom is 0.490 e. The zero-order valence-corrected chi connectivity index (χ0v) is 24.4. The topological polar surface area (TPSA) is 130 Å². The van der Waals surface area contributed by atoms with Crippen molar-refractivity contribution in [3.63, 3.8) is 0 Å². The Kier molecular flexibility index (Phi) is 10.2. The van der Waals surface area contributed by atoms with Gasteiger partial charge in [0.2, 0.25) is 11.8 Å². The first-order valence-electron chi connectivity index (χ1n) is 13.9. The van der Waals surface area contributed by atoms with E-state index < -0.39 is 12.1 Å². The molecule has 2 heterocycles. The van der Waals surface area contributed by atoms with Gasteiger partial charge in [-0.05, 0) is 74.6 Å². The minimum Gasteiger partial charge on any atom is -0.475 e. The highest BCUT2D eigenvalue weighted by Gasteiger charge is 2.38. The van der Waals surface area contributed by atoms with Crippen molar-refractivity contribution in [2.24, 2.45) is 0 Å². The molecule has 0 radical (unpaired) electrons. The van der Waals surface area contributed by atoms with Crippen LogP contribution in [0, 0.1) is 6.92 Å². The second-order valence-electron chi connectivity index (χ2n) is 10.5. The molecular formula is C31H33F3N6O4. The molecule has 0 aliphatic heterocycles. The van der Waals surface area contributed by atoms with Crippen LogP contribution >= 0.6 is 0 Å². The van der Waals surface area contributed by atoms with Crippen LogP contribution in [0.4, 0.5) is 24.9 Å². The molecule has 44 heavy (non-hydrogen) atoms. The number of halogens is 3. The van der Waals surface area contributed by atoms with Gasteiger partial charge in [0, 0.05) is 37.8 Å². The Morgan fingerprint density at radius 2 is 1.64 bits per heavy atom. The summed E-state index contributed by atoms with van der Waals surface area (Å²) in [4.78, 5) is 37.8. The van der Waals surface area contributed by atoms with Gasteiger partial charge in [-0.15, -0.1) is 0 Å². The number of carboxylic acids is 1. The van der Waals surface area contributed by atoms with E-state index in [0.29, 0.717) is 23.1 Å². The van der Waals surface area contributed by atoms with E-state index in [1.165, 1.54) is 0 Å². The lowest BCUT2D eigenvalue weighted by atomic mass is 9.91. The Labute approximate surface area is 252 Å². The van der Waals surface area contributed by atoms with E-state index in [9.17, 15) is 18.0 Å².